The smallest absolute Gasteiger partial charge is 0.170 e. The van der Waals surface area contributed by atoms with Gasteiger partial charge in [-0.1, -0.05) is 24.3 Å². The summed E-state index contributed by atoms with van der Waals surface area (Å²) in [5.41, 5.74) is 2.23. The van der Waals surface area contributed by atoms with Crippen molar-refractivity contribution in [3.8, 4) is 0 Å². The van der Waals surface area contributed by atoms with Crippen LogP contribution in [0.3, 0.4) is 0 Å². The van der Waals surface area contributed by atoms with E-state index in [-0.39, 0.29) is 29.9 Å². The Morgan fingerprint density at radius 2 is 2.04 bits per heavy atom. The monoisotopic (exact) mass is 376 g/mol. The van der Waals surface area contributed by atoms with Crippen LogP contribution in [0.15, 0.2) is 59.7 Å². The maximum atomic E-state index is 13.7. The Hall–Kier alpha value is -3.06. The lowest BCUT2D eigenvalue weighted by atomic mass is 9.70. The quantitative estimate of drug-likeness (QED) is 0.705. The number of hydrogen-bond donors (Lipinski definition) is 1. The zero-order valence-corrected chi connectivity index (χ0v) is 15.2. The minimum Gasteiger partial charge on any atom is -0.469 e. The molecule has 4 atom stereocenters. The molecule has 0 radical (unpaired) electrons. The molecule has 0 bridgehead atoms. The number of rotatable bonds is 3. The molecule has 2 aromatic heterocycles. The highest BCUT2D eigenvalue weighted by Gasteiger charge is 2.50. The Kier molecular flexibility index (Phi) is 4.16. The zero-order chi connectivity index (χ0) is 19.1. The number of nitrogens with one attached hydrogen (secondary N) is 1. The van der Waals surface area contributed by atoms with E-state index in [0.717, 1.165) is 18.5 Å². The van der Waals surface area contributed by atoms with E-state index in [9.17, 15) is 9.59 Å². The molecular weight excluding hydrogens is 356 g/mol. The fourth-order valence-electron chi connectivity index (χ4n) is 4.62. The van der Waals surface area contributed by atoms with Gasteiger partial charge in [0.25, 0.3) is 0 Å². The van der Waals surface area contributed by atoms with Crippen molar-refractivity contribution in [2.45, 2.75) is 30.8 Å². The van der Waals surface area contributed by atoms with Crippen LogP contribution in [0, 0.1) is 5.92 Å². The van der Waals surface area contributed by atoms with E-state index in [1.807, 2.05) is 24.3 Å². The average molecular weight is 376 g/mol. The van der Waals surface area contributed by atoms with Crippen LogP contribution in [0.2, 0.25) is 0 Å². The zero-order valence-electron chi connectivity index (χ0n) is 15.2. The van der Waals surface area contributed by atoms with Crippen molar-refractivity contribution >= 4 is 11.6 Å². The first kappa shape index (κ1) is 17.1. The van der Waals surface area contributed by atoms with E-state index in [1.165, 1.54) is 18.2 Å². The highest BCUT2D eigenvalue weighted by atomic mass is 16.3. The molecule has 7 heteroatoms. The van der Waals surface area contributed by atoms with Crippen LogP contribution >= 0.6 is 0 Å². The van der Waals surface area contributed by atoms with Crippen molar-refractivity contribution in [2.75, 3.05) is 6.54 Å². The van der Waals surface area contributed by atoms with E-state index in [2.05, 4.69) is 21.5 Å². The Balaban J connectivity index is 1.56. The summed E-state index contributed by atoms with van der Waals surface area (Å²) in [6.07, 6.45) is 5.63. The molecule has 1 saturated carbocycles. The lowest BCUT2D eigenvalue weighted by Gasteiger charge is -2.38. The van der Waals surface area contributed by atoms with Gasteiger partial charge in [0.05, 0.1) is 18.1 Å². The number of hydrogen-bond acceptors (Lipinski definition) is 6. The largest absolute Gasteiger partial charge is 0.469 e. The number of carbonyl (C=O) groups excluding carboxylic acids is 2. The van der Waals surface area contributed by atoms with E-state index in [1.54, 1.807) is 17.0 Å². The third-order valence-electron chi connectivity index (χ3n) is 5.86. The summed E-state index contributed by atoms with van der Waals surface area (Å²) in [6, 6.07) is 10.7. The predicted molar refractivity (Wildman–Crippen MR) is 99.5 cm³/mol. The Morgan fingerprint density at radius 3 is 2.82 bits per heavy atom. The molecule has 7 nitrogen and oxygen atoms in total. The average Bonchev–Trinajstić information content (AvgIpc) is 3.42. The van der Waals surface area contributed by atoms with Crippen molar-refractivity contribution in [1.82, 2.24) is 20.1 Å². The third kappa shape index (κ3) is 2.70. The minimum atomic E-state index is -0.748. The number of furan rings is 1. The molecule has 0 spiro atoms. The predicted octanol–water partition coefficient (Wildman–Crippen LogP) is 2.24. The second-order valence-electron chi connectivity index (χ2n) is 7.37. The van der Waals surface area contributed by atoms with Gasteiger partial charge in [0, 0.05) is 12.5 Å². The first-order chi connectivity index (χ1) is 13.7. The van der Waals surface area contributed by atoms with Gasteiger partial charge in [-0.2, -0.15) is 5.10 Å². The molecule has 3 aromatic rings. The maximum absolute atomic E-state index is 13.7. The fourth-order valence-corrected chi connectivity index (χ4v) is 4.62. The van der Waals surface area contributed by atoms with Crippen LogP contribution in [0.4, 0.5) is 0 Å². The summed E-state index contributed by atoms with van der Waals surface area (Å²) in [5, 5.41) is 7.62. The number of fused-ring (bicyclic) bond motifs is 1. The maximum Gasteiger partial charge on any atom is 0.170 e. The van der Waals surface area contributed by atoms with Gasteiger partial charge in [-0.25, -0.2) is 9.67 Å². The standard InChI is InChI=1S/C21H20N4O3/c26-16-10-15(17-6-3-9-28-17)20(25-12-22-11-24-25)21(27)18(16)19-14-5-2-1-4-13(14)7-8-23-19/h1-6,9,11-12,15,18-20,23H,7-8,10H2/t15-,18-,19+,20-/m0/s1. The number of aromatic nitrogens is 3. The van der Waals surface area contributed by atoms with Gasteiger partial charge in [-0.05, 0) is 36.2 Å². The van der Waals surface area contributed by atoms with Crippen LogP contribution in [-0.4, -0.2) is 32.9 Å². The number of ketones is 2. The highest BCUT2D eigenvalue weighted by molar-refractivity contribution is 6.08. The second kappa shape index (κ2) is 6.83. The molecule has 2 aliphatic rings. The van der Waals surface area contributed by atoms with Crippen molar-refractivity contribution in [3.05, 3.63) is 72.2 Å². The molecule has 0 saturated heterocycles. The molecule has 0 amide bonds. The normalized spacial score (nSPS) is 27.6. The lowest BCUT2D eigenvalue weighted by molar-refractivity contribution is -0.141. The molecule has 1 aromatic carbocycles. The Morgan fingerprint density at radius 1 is 1.14 bits per heavy atom. The van der Waals surface area contributed by atoms with E-state index in [0.29, 0.717) is 5.76 Å². The first-order valence-corrected chi connectivity index (χ1v) is 9.49. The van der Waals surface area contributed by atoms with Gasteiger partial charge in [-0.15, -0.1) is 0 Å². The molecule has 0 unspecified atom stereocenters. The number of carbonyl (C=O) groups is 2. The summed E-state index contributed by atoms with van der Waals surface area (Å²) in [7, 11) is 0. The lowest BCUT2D eigenvalue weighted by Crippen LogP contribution is -2.48. The molecule has 1 aliphatic carbocycles. The van der Waals surface area contributed by atoms with E-state index < -0.39 is 12.0 Å². The molecule has 142 valence electrons. The van der Waals surface area contributed by atoms with E-state index >= 15 is 0 Å². The number of Topliss-reactive ketones (excluding diaryl/α,β-unsaturated/α-hetero) is 2. The summed E-state index contributed by atoms with van der Waals surface area (Å²) in [5.74, 6) is -0.708. The van der Waals surface area contributed by atoms with Crippen molar-refractivity contribution in [2.24, 2.45) is 5.92 Å². The Labute approximate surface area is 161 Å². The summed E-state index contributed by atoms with van der Waals surface area (Å²) in [6.45, 7) is 0.744. The van der Waals surface area contributed by atoms with Gasteiger partial charge < -0.3 is 9.73 Å². The second-order valence-corrected chi connectivity index (χ2v) is 7.37. The van der Waals surface area contributed by atoms with Crippen LogP contribution in [0.25, 0.3) is 0 Å². The van der Waals surface area contributed by atoms with Crippen LogP contribution in [-0.2, 0) is 16.0 Å². The van der Waals surface area contributed by atoms with Gasteiger partial charge in [0.1, 0.15) is 30.2 Å². The van der Waals surface area contributed by atoms with Crippen LogP contribution in [0.1, 0.15) is 41.3 Å². The molecule has 1 aliphatic heterocycles. The van der Waals surface area contributed by atoms with Crippen LogP contribution in [0.5, 0.6) is 0 Å². The van der Waals surface area contributed by atoms with Crippen LogP contribution < -0.4 is 5.32 Å². The number of benzene rings is 1. The fraction of sp³-hybridized carbons (Fsp3) is 0.333. The van der Waals surface area contributed by atoms with Gasteiger partial charge in [-0.3, -0.25) is 9.59 Å². The molecule has 3 heterocycles. The van der Waals surface area contributed by atoms with Gasteiger partial charge >= 0.3 is 0 Å². The molecule has 28 heavy (non-hydrogen) atoms. The first-order valence-electron chi connectivity index (χ1n) is 9.49. The summed E-state index contributed by atoms with van der Waals surface area (Å²) >= 11 is 0. The SMILES string of the molecule is O=C1C[C@@H](c2ccco2)[C@H](n2cncn2)C(=O)[C@@H]1[C@@H]1NCCc2ccccc21. The topological polar surface area (TPSA) is 90.0 Å². The van der Waals surface area contributed by atoms with E-state index in [4.69, 9.17) is 4.42 Å². The van der Waals surface area contributed by atoms with Crippen molar-refractivity contribution < 1.29 is 14.0 Å². The van der Waals surface area contributed by atoms with Gasteiger partial charge in [0.2, 0.25) is 0 Å². The van der Waals surface area contributed by atoms with Gasteiger partial charge in [0.15, 0.2) is 5.78 Å². The van der Waals surface area contributed by atoms with Crippen molar-refractivity contribution in [1.29, 1.82) is 0 Å². The molecule has 5 rings (SSSR count). The third-order valence-corrected chi connectivity index (χ3v) is 5.86. The van der Waals surface area contributed by atoms with Crippen molar-refractivity contribution in [3.63, 3.8) is 0 Å². The molecule has 1 fully saturated rings. The molecular formula is C21H20N4O3. The Bertz CT molecular complexity index is 997. The molecule has 1 N–H and O–H groups in total. The minimum absolute atomic E-state index is 0.0584. The summed E-state index contributed by atoms with van der Waals surface area (Å²) < 4.78 is 7.11. The highest BCUT2D eigenvalue weighted by Crippen LogP contribution is 2.44. The summed E-state index contributed by atoms with van der Waals surface area (Å²) in [4.78, 5) is 30.9. The number of nitrogens with zero attached hydrogens (tertiary/aromatic N) is 3.